The van der Waals surface area contributed by atoms with E-state index in [1.165, 1.54) is 17.0 Å². The standard InChI is InChI=1S/C22H23FN4O2S/c1-14-4-9-19(30-14)18-12-20(26-25-18)24-22(29)16-3-2-10-27(13-16)21(28)11-15-5-7-17(23)8-6-15/h4-9,12,16H,2-3,10-11,13H2,1H3,(H2,24,25,26,29). The van der Waals surface area contributed by atoms with Gasteiger partial charge in [0.1, 0.15) is 5.82 Å². The van der Waals surface area contributed by atoms with Crippen molar-refractivity contribution in [2.24, 2.45) is 5.92 Å². The first-order valence-corrected chi connectivity index (χ1v) is 10.7. The third-order valence-electron chi connectivity index (χ3n) is 5.25. The van der Waals surface area contributed by atoms with Crippen LogP contribution < -0.4 is 5.32 Å². The molecular formula is C22H23FN4O2S. The van der Waals surface area contributed by atoms with E-state index in [0.29, 0.717) is 18.9 Å². The molecule has 2 amide bonds. The molecule has 6 nitrogen and oxygen atoms in total. The monoisotopic (exact) mass is 426 g/mol. The highest BCUT2D eigenvalue weighted by molar-refractivity contribution is 7.15. The number of aryl methyl sites for hydroxylation is 1. The van der Waals surface area contributed by atoms with Crippen LogP contribution in [-0.2, 0) is 16.0 Å². The molecule has 3 aromatic rings. The summed E-state index contributed by atoms with van der Waals surface area (Å²) in [5, 5.41) is 10.0. The molecular weight excluding hydrogens is 403 g/mol. The van der Waals surface area contributed by atoms with Crippen molar-refractivity contribution in [2.75, 3.05) is 18.4 Å². The third kappa shape index (κ3) is 4.76. The summed E-state index contributed by atoms with van der Waals surface area (Å²) in [5.74, 6) is -0.295. The molecule has 30 heavy (non-hydrogen) atoms. The van der Waals surface area contributed by atoms with Gasteiger partial charge in [0, 0.05) is 24.0 Å². The average molecular weight is 427 g/mol. The number of carbonyl (C=O) groups is 2. The zero-order valence-electron chi connectivity index (χ0n) is 16.7. The number of aromatic nitrogens is 2. The largest absolute Gasteiger partial charge is 0.342 e. The van der Waals surface area contributed by atoms with Gasteiger partial charge < -0.3 is 10.2 Å². The molecule has 0 saturated carbocycles. The number of anilines is 1. The minimum Gasteiger partial charge on any atom is -0.342 e. The fourth-order valence-electron chi connectivity index (χ4n) is 3.63. The summed E-state index contributed by atoms with van der Waals surface area (Å²) in [4.78, 5) is 29.4. The predicted molar refractivity (Wildman–Crippen MR) is 115 cm³/mol. The van der Waals surface area contributed by atoms with E-state index in [2.05, 4.69) is 15.5 Å². The molecule has 8 heteroatoms. The van der Waals surface area contributed by atoms with E-state index in [-0.39, 0.29) is 30.0 Å². The number of aromatic amines is 1. The Kier molecular flexibility index (Phi) is 5.94. The van der Waals surface area contributed by atoms with Crippen molar-refractivity contribution in [3.63, 3.8) is 0 Å². The number of benzene rings is 1. The quantitative estimate of drug-likeness (QED) is 0.647. The zero-order chi connectivity index (χ0) is 21.1. The number of amides is 2. The predicted octanol–water partition coefficient (Wildman–Crippen LogP) is 4.01. The lowest BCUT2D eigenvalue weighted by Crippen LogP contribution is -2.44. The van der Waals surface area contributed by atoms with Crippen molar-refractivity contribution in [1.82, 2.24) is 15.1 Å². The number of thiophene rings is 1. The van der Waals surface area contributed by atoms with Crippen LogP contribution in [0.2, 0.25) is 0 Å². The second-order valence-corrected chi connectivity index (χ2v) is 8.84. The van der Waals surface area contributed by atoms with E-state index in [9.17, 15) is 14.0 Å². The Labute approximate surface area is 178 Å². The summed E-state index contributed by atoms with van der Waals surface area (Å²) in [6.07, 6.45) is 1.71. The first kappa shape index (κ1) is 20.3. The van der Waals surface area contributed by atoms with Crippen LogP contribution >= 0.6 is 11.3 Å². The average Bonchev–Trinajstić information content (AvgIpc) is 3.38. The van der Waals surface area contributed by atoms with E-state index < -0.39 is 0 Å². The number of halogens is 1. The van der Waals surface area contributed by atoms with Crippen molar-refractivity contribution >= 4 is 29.0 Å². The maximum absolute atomic E-state index is 13.1. The fourth-order valence-corrected chi connectivity index (χ4v) is 4.46. The second kappa shape index (κ2) is 8.79. The first-order chi connectivity index (χ1) is 14.5. The molecule has 4 rings (SSSR count). The molecule has 0 radical (unpaired) electrons. The molecule has 1 aliphatic rings. The van der Waals surface area contributed by atoms with Crippen molar-refractivity contribution in [3.05, 3.63) is 58.7 Å². The van der Waals surface area contributed by atoms with E-state index in [0.717, 1.165) is 29.0 Å². The normalized spacial score (nSPS) is 16.5. The topological polar surface area (TPSA) is 78.1 Å². The van der Waals surface area contributed by atoms with Gasteiger partial charge >= 0.3 is 0 Å². The molecule has 1 fully saturated rings. The van der Waals surface area contributed by atoms with E-state index >= 15 is 0 Å². The Morgan fingerprint density at radius 3 is 2.80 bits per heavy atom. The lowest BCUT2D eigenvalue weighted by Gasteiger charge is -2.32. The number of hydrogen-bond donors (Lipinski definition) is 2. The van der Waals surface area contributed by atoms with Gasteiger partial charge in [0.15, 0.2) is 5.82 Å². The summed E-state index contributed by atoms with van der Waals surface area (Å²) >= 11 is 1.66. The molecule has 1 aromatic carbocycles. The first-order valence-electron chi connectivity index (χ1n) is 9.93. The van der Waals surface area contributed by atoms with Gasteiger partial charge in [0.2, 0.25) is 11.8 Å². The Balaban J connectivity index is 1.34. The van der Waals surface area contributed by atoms with Gasteiger partial charge in [-0.25, -0.2) is 4.39 Å². The Bertz CT molecular complexity index is 1040. The Hall–Kier alpha value is -3.00. The summed E-state index contributed by atoms with van der Waals surface area (Å²) in [6.45, 7) is 3.06. The lowest BCUT2D eigenvalue weighted by atomic mass is 9.96. The number of rotatable bonds is 5. The number of nitrogens with zero attached hydrogens (tertiary/aromatic N) is 2. The van der Waals surface area contributed by atoms with Crippen molar-refractivity contribution in [2.45, 2.75) is 26.2 Å². The highest BCUT2D eigenvalue weighted by atomic mass is 32.1. The van der Waals surface area contributed by atoms with Crippen LogP contribution in [0, 0.1) is 18.7 Å². The number of likely N-dealkylation sites (tertiary alicyclic amines) is 1. The fraction of sp³-hybridized carbons (Fsp3) is 0.318. The van der Waals surface area contributed by atoms with Gasteiger partial charge in [-0.1, -0.05) is 12.1 Å². The van der Waals surface area contributed by atoms with Crippen LogP contribution in [0.25, 0.3) is 10.6 Å². The maximum atomic E-state index is 13.1. The summed E-state index contributed by atoms with van der Waals surface area (Å²) in [6, 6.07) is 11.8. The van der Waals surface area contributed by atoms with Crippen LogP contribution in [0.1, 0.15) is 23.3 Å². The zero-order valence-corrected chi connectivity index (χ0v) is 17.5. The molecule has 1 atom stereocenters. The van der Waals surface area contributed by atoms with Crippen LogP contribution in [0.5, 0.6) is 0 Å². The molecule has 2 N–H and O–H groups in total. The summed E-state index contributed by atoms with van der Waals surface area (Å²) < 4.78 is 13.1. The highest BCUT2D eigenvalue weighted by Crippen LogP contribution is 2.28. The van der Waals surface area contributed by atoms with E-state index in [1.807, 2.05) is 25.1 Å². The molecule has 0 aliphatic carbocycles. The number of nitrogens with one attached hydrogen (secondary N) is 2. The van der Waals surface area contributed by atoms with E-state index in [4.69, 9.17) is 0 Å². The number of H-pyrrole nitrogens is 1. The minimum atomic E-state index is -0.323. The van der Waals surface area contributed by atoms with Gasteiger partial charge in [-0.2, -0.15) is 5.10 Å². The summed E-state index contributed by atoms with van der Waals surface area (Å²) in [5.41, 5.74) is 1.63. The Morgan fingerprint density at radius 1 is 1.27 bits per heavy atom. The minimum absolute atomic E-state index is 0.0470. The molecule has 2 aromatic heterocycles. The second-order valence-electron chi connectivity index (χ2n) is 7.55. The molecule has 0 spiro atoms. The van der Waals surface area contributed by atoms with Gasteiger partial charge in [0.05, 0.1) is 22.9 Å². The van der Waals surface area contributed by atoms with Crippen molar-refractivity contribution in [3.8, 4) is 10.6 Å². The third-order valence-corrected chi connectivity index (χ3v) is 6.28. The maximum Gasteiger partial charge on any atom is 0.230 e. The molecule has 3 heterocycles. The SMILES string of the molecule is Cc1ccc(-c2cc(NC(=O)C3CCCN(C(=O)Cc4ccc(F)cc4)C3)n[nH]2)s1. The van der Waals surface area contributed by atoms with Crippen molar-refractivity contribution < 1.29 is 14.0 Å². The number of piperidine rings is 1. The smallest absolute Gasteiger partial charge is 0.230 e. The molecule has 156 valence electrons. The van der Waals surface area contributed by atoms with Gasteiger partial charge in [-0.3, -0.25) is 14.7 Å². The van der Waals surface area contributed by atoms with Gasteiger partial charge in [-0.15, -0.1) is 11.3 Å². The van der Waals surface area contributed by atoms with Crippen LogP contribution in [0.4, 0.5) is 10.2 Å². The van der Waals surface area contributed by atoms with Crippen LogP contribution in [-0.4, -0.2) is 40.0 Å². The Morgan fingerprint density at radius 2 is 2.07 bits per heavy atom. The van der Waals surface area contributed by atoms with Crippen molar-refractivity contribution in [1.29, 1.82) is 0 Å². The lowest BCUT2D eigenvalue weighted by molar-refractivity contribution is -0.133. The molecule has 1 unspecified atom stereocenters. The molecule has 1 saturated heterocycles. The number of carbonyl (C=O) groups excluding carboxylic acids is 2. The van der Waals surface area contributed by atoms with Gasteiger partial charge in [-0.05, 0) is 49.6 Å². The molecule has 1 aliphatic heterocycles. The van der Waals surface area contributed by atoms with Gasteiger partial charge in [0.25, 0.3) is 0 Å². The summed E-state index contributed by atoms with van der Waals surface area (Å²) in [7, 11) is 0. The number of hydrogen-bond acceptors (Lipinski definition) is 4. The van der Waals surface area contributed by atoms with Crippen LogP contribution in [0.3, 0.4) is 0 Å². The van der Waals surface area contributed by atoms with E-state index in [1.54, 1.807) is 28.4 Å². The molecule has 0 bridgehead atoms. The van der Waals surface area contributed by atoms with Crippen LogP contribution in [0.15, 0.2) is 42.5 Å². The highest BCUT2D eigenvalue weighted by Gasteiger charge is 2.28.